The van der Waals surface area contributed by atoms with Gasteiger partial charge in [-0.15, -0.1) is 0 Å². The molecular formula is C9H7N3O2. The summed E-state index contributed by atoms with van der Waals surface area (Å²) in [5, 5.41) is 0.502. The molecule has 0 amide bonds. The summed E-state index contributed by atoms with van der Waals surface area (Å²) in [5.74, 6) is 0. The monoisotopic (exact) mass is 189 g/mol. The molecular weight excluding hydrogens is 182 g/mol. The van der Waals surface area contributed by atoms with Crippen LogP contribution in [-0.4, -0.2) is 14.4 Å². The summed E-state index contributed by atoms with van der Waals surface area (Å²) in [5.41, 5.74) is -0.275. The number of aryl methyl sites for hydroxylation is 1. The molecule has 2 rings (SSSR count). The molecule has 5 heteroatoms. The fourth-order valence-electron chi connectivity index (χ4n) is 1.23. The van der Waals surface area contributed by atoms with Crippen LogP contribution in [0.4, 0.5) is 0 Å². The van der Waals surface area contributed by atoms with Gasteiger partial charge in [0.15, 0.2) is 5.65 Å². The first-order valence-corrected chi connectivity index (χ1v) is 3.98. The lowest BCUT2D eigenvalue weighted by Gasteiger charge is -1.98. The fraction of sp³-hybridized carbons (Fsp3) is 0.111. The van der Waals surface area contributed by atoms with Crippen molar-refractivity contribution in [1.82, 2.24) is 14.4 Å². The van der Waals surface area contributed by atoms with Crippen LogP contribution in [0.5, 0.6) is 0 Å². The Morgan fingerprint density at radius 1 is 1.43 bits per heavy atom. The van der Waals surface area contributed by atoms with Crippen LogP contribution in [-0.2, 0) is 0 Å². The lowest BCUT2D eigenvalue weighted by atomic mass is 10.3. The quantitative estimate of drug-likeness (QED) is 0.527. The second-order valence-corrected chi connectivity index (χ2v) is 2.90. The van der Waals surface area contributed by atoms with Crippen LogP contribution < -0.4 is 16.5 Å². The van der Waals surface area contributed by atoms with Gasteiger partial charge in [-0.2, -0.15) is 4.98 Å². The van der Waals surface area contributed by atoms with Gasteiger partial charge in [-0.25, -0.2) is 14.2 Å². The molecule has 0 saturated heterocycles. The van der Waals surface area contributed by atoms with Gasteiger partial charge in [0.1, 0.15) is 0 Å². The van der Waals surface area contributed by atoms with Crippen molar-refractivity contribution in [2.45, 2.75) is 6.92 Å². The van der Waals surface area contributed by atoms with Gasteiger partial charge in [0.25, 0.3) is 5.56 Å². The van der Waals surface area contributed by atoms with Crippen molar-refractivity contribution in [3.05, 3.63) is 44.0 Å². The van der Waals surface area contributed by atoms with E-state index in [2.05, 4.69) is 16.5 Å². The van der Waals surface area contributed by atoms with Crippen molar-refractivity contribution in [2.24, 2.45) is 0 Å². The molecule has 0 N–H and O–H groups in total. The third kappa shape index (κ3) is 1.02. The largest absolute Gasteiger partial charge is 0.356 e. The molecule has 14 heavy (non-hydrogen) atoms. The molecule has 0 aliphatic heterocycles. The Bertz CT molecular complexity index is 660. The van der Waals surface area contributed by atoms with E-state index in [-0.39, 0.29) is 5.65 Å². The third-order valence-electron chi connectivity index (χ3n) is 2.01. The number of hydrogen-bond donors (Lipinski definition) is 0. The summed E-state index contributed by atoms with van der Waals surface area (Å²) in [4.78, 5) is 30.3. The van der Waals surface area contributed by atoms with E-state index in [1.54, 1.807) is 6.92 Å². The Labute approximate surface area is 78.4 Å². The number of rotatable bonds is 0. The van der Waals surface area contributed by atoms with Crippen LogP contribution in [0.15, 0.2) is 21.9 Å². The van der Waals surface area contributed by atoms with Crippen LogP contribution in [0.25, 0.3) is 12.2 Å². The maximum Gasteiger partial charge on any atom is 0.356 e. The second kappa shape index (κ2) is 2.73. The first-order valence-electron chi connectivity index (χ1n) is 3.98. The zero-order valence-electron chi connectivity index (χ0n) is 7.52. The third-order valence-corrected chi connectivity index (χ3v) is 2.01. The predicted molar refractivity (Wildman–Crippen MR) is 51.0 cm³/mol. The lowest BCUT2D eigenvalue weighted by Crippen LogP contribution is -2.34. The first-order chi connectivity index (χ1) is 6.61. The van der Waals surface area contributed by atoms with E-state index in [4.69, 9.17) is 0 Å². The molecule has 0 fully saturated rings. The van der Waals surface area contributed by atoms with E-state index < -0.39 is 11.2 Å². The molecule has 2 aromatic rings. The topological polar surface area (TPSA) is 64.3 Å². The van der Waals surface area contributed by atoms with E-state index in [0.717, 1.165) is 4.40 Å². The highest BCUT2D eigenvalue weighted by molar-refractivity contribution is 5.41. The van der Waals surface area contributed by atoms with Gasteiger partial charge >= 0.3 is 5.69 Å². The van der Waals surface area contributed by atoms with Crippen LogP contribution in [0.1, 0.15) is 5.69 Å². The Hall–Kier alpha value is -2.04. The van der Waals surface area contributed by atoms with Crippen molar-refractivity contribution >= 4 is 12.2 Å². The van der Waals surface area contributed by atoms with Crippen molar-refractivity contribution in [2.75, 3.05) is 0 Å². The van der Waals surface area contributed by atoms with Crippen LogP contribution >= 0.6 is 0 Å². The summed E-state index contributed by atoms with van der Waals surface area (Å²) in [6.45, 7) is 5.36. The van der Waals surface area contributed by atoms with Crippen molar-refractivity contribution < 1.29 is 0 Å². The normalized spacial score (nSPS) is 10.6. The van der Waals surface area contributed by atoms with Crippen molar-refractivity contribution in [3.8, 4) is 0 Å². The van der Waals surface area contributed by atoms with Crippen LogP contribution in [0.3, 0.4) is 0 Å². The molecule has 0 saturated carbocycles. The minimum atomic E-state index is -0.608. The van der Waals surface area contributed by atoms with Gasteiger partial charge in [-0.3, -0.25) is 4.79 Å². The molecule has 70 valence electrons. The summed E-state index contributed by atoms with van der Waals surface area (Å²) >= 11 is 0. The number of fused-ring (bicyclic) bond motifs is 1. The summed E-state index contributed by atoms with van der Waals surface area (Å²) < 4.78 is 0.912. The zero-order chi connectivity index (χ0) is 10.3. The predicted octanol–water partition coefficient (Wildman–Crippen LogP) is -1.11. The summed E-state index contributed by atoms with van der Waals surface area (Å²) in [7, 11) is 0. The highest BCUT2D eigenvalue weighted by Gasteiger charge is 2.04. The molecule has 0 radical (unpaired) electrons. The second-order valence-electron chi connectivity index (χ2n) is 2.90. The van der Waals surface area contributed by atoms with Gasteiger partial charge in [0.2, 0.25) is 0 Å². The van der Waals surface area contributed by atoms with Gasteiger partial charge in [0, 0.05) is 17.5 Å². The molecule has 0 aliphatic rings. The molecule has 0 spiro atoms. The lowest BCUT2D eigenvalue weighted by molar-refractivity contribution is 0.901. The van der Waals surface area contributed by atoms with E-state index in [0.29, 0.717) is 10.9 Å². The molecule has 0 aliphatic carbocycles. The molecule has 0 unspecified atom stereocenters. The van der Waals surface area contributed by atoms with E-state index in [1.165, 1.54) is 12.3 Å². The van der Waals surface area contributed by atoms with Crippen molar-refractivity contribution in [1.29, 1.82) is 0 Å². The molecule has 2 aromatic heterocycles. The van der Waals surface area contributed by atoms with Crippen molar-refractivity contribution in [3.63, 3.8) is 0 Å². The first kappa shape index (κ1) is 8.55. The molecule has 0 atom stereocenters. The average molecular weight is 189 g/mol. The van der Waals surface area contributed by atoms with Gasteiger partial charge in [-0.05, 0) is 6.92 Å². The Morgan fingerprint density at radius 3 is 2.86 bits per heavy atom. The fourth-order valence-corrected chi connectivity index (χ4v) is 1.23. The minimum absolute atomic E-state index is 0.273. The average Bonchev–Trinajstić information content (AvgIpc) is 2.14. The Balaban J connectivity index is 3.27. The highest BCUT2D eigenvalue weighted by Crippen LogP contribution is 1.83. The summed E-state index contributed by atoms with van der Waals surface area (Å²) in [6, 6.07) is 1.21. The highest BCUT2D eigenvalue weighted by atomic mass is 16.2. The van der Waals surface area contributed by atoms with E-state index in [9.17, 15) is 9.59 Å². The molecule has 2 heterocycles. The SMILES string of the molecule is C=c1c(C)nc(=O)n2c(=O)ccnc12. The Kier molecular flexibility index (Phi) is 1.67. The Morgan fingerprint density at radius 2 is 2.14 bits per heavy atom. The smallest absolute Gasteiger partial charge is 0.269 e. The van der Waals surface area contributed by atoms with Crippen LogP contribution in [0, 0.1) is 6.92 Å². The van der Waals surface area contributed by atoms with Gasteiger partial charge < -0.3 is 0 Å². The maximum atomic E-state index is 11.4. The molecule has 0 bridgehead atoms. The van der Waals surface area contributed by atoms with Gasteiger partial charge in [-0.1, -0.05) is 6.58 Å². The number of hydrogen-bond acceptors (Lipinski definition) is 4. The zero-order valence-corrected chi connectivity index (χ0v) is 7.52. The minimum Gasteiger partial charge on any atom is -0.269 e. The van der Waals surface area contributed by atoms with Gasteiger partial charge in [0.05, 0.1) is 5.69 Å². The van der Waals surface area contributed by atoms with E-state index in [1.807, 2.05) is 0 Å². The number of nitrogens with zero attached hydrogens (tertiary/aromatic N) is 3. The maximum absolute atomic E-state index is 11.4. The van der Waals surface area contributed by atoms with E-state index >= 15 is 0 Å². The standard InChI is InChI=1S/C9H7N3O2/c1-5-6(2)11-9(14)12-7(13)3-4-10-8(5)12/h3-4H,1H2,2H3. The number of aromatic nitrogens is 3. The summed E-state index contributed by atoms with van der Waals surface area (Å²) in [6.07, 6.45) is 1.35. The molecule has 5 nitrogen and oxygen atoms in total. The molecule has 0 aromatic carbocycles. The van der Waals surface area contributed by atoms with Crippen LogP contribution in [0.2, 0.25) is 0 Å².